The molecule has 0 unspecified atom stereocenters. The highest BCUT2D eigenvalue weighted by atomic mass is 16.6. The highest BCUT2D eigenvalue weighted by Crippen LogP contribution is 2.21. The van der Waals surface area contributed by atoms with Crippen LogP contribution in [-0.2, 0) is 17.8 Å². The first-order valence-corrected chi connectivity index (χ1v) is 8.68. The number of imidazole rings is 1. The van der Waals surface area contributed by atoms with Crippen molar-refractivity contribution in [2.45, 2.75) is 13.1 Å². The first-order chi connectivity index (χ1) is 12.7. The normalized spacial score (nSPS) is 15.4. The van der Waals surface area contributed by atoms with Gasteiger partial charge in [0, 0.05) is 31.8 Å². The number of aromatic nitrogens is 2. The maximum atomic E-state index is 11.1. The first kappa shape index (κ1) is 16.7. The number of nitrogens with zero attached hydrogens (tertiary/aromatic N) is 4. The van der Waals surface area contributed by atoms with Crippen molar-refractivity contribution in [1.29, 1.82) is 0 Å². The first-order valence-electron chi connectivity index (χ1n) is 8.68. The molecule has 1 aliphatic rings. The van der Waals surface area contributed by atoms with E-state index in [-0.39, 0.29) is 10.6 Å². The van der Waals surface area contributed by atoms with Crippen molar-refractivity contribution in [2.24, 2.45) is 0 Å². The van der Waals surface area contributed by atoms with Crippen molar-refractivity contribution in [2.75, 3.05) is 26.3 Å². The number of rotatable bonds is 5. The molecule has 0 amide bonds. The number of nitro groups is 1. The van der Waals surface area contributed by atoms with Crippen molar-refractivity contribution >= 4 is 16.7 Å². The minimum atomic E-state index is -0.357. The molecule has 2 aromatic carbocycles. The molecule has 1 aliphatic heterocycles. The Hall–Kier alpha value is -2.77. The molecule has 2 heterocycles. The SMILES string of the molecule is O=[N+]([O-])c1cccc(Cn2c(CN3CCOCC3)nc3ccccc32)c1. The van der Waals surface area contributed by atoms with Gasteiger partial charge < -0.3 is 9.30 Å². The lowest BCUT2D eigenvalue weighted by Gasteiger charge is -2.26. The molecule has 0 bridgehead atoms. The number of hydrogen-bond donors (Lipinski definition) is 0. The zero-order valence-corrected chi connectivity index (χ0v) is 14.4. The van der Waals surface area contributed by atoms with E-state index in [1.54, 1.807) is 12.1 Å². The molecule has 1 saturated heterocycles. The van der Waals surface area contributed by atoms with E-state index in [4.69, 9.17) is 9.72 Å². The summed E-state index contributed by atoms with van der Waals surface area (Å²) in [5.41, 5.74) is 3.00. The molecule has 1 aromatic heterocycles. The number of benzene rings is 2. The number of morpholine rings is 1. The minimum absolute atomic E-state index is 0.113. The van der Waals surface area contributed by atoms with Crippen molar-refractivity contribution in [3.8, 4) is 0 Å². The molecule has 0 N–H and O–H groups in total. The quantitative estimate of drug-likeness (QED) is 0.521. The summed E-state index contributed by atoms with van der Waals surface area (Å²) < 4.78 is 7.58. The molecule has 0 aliphatic carbocycles. The van der Waals surface area contributed by atoms with Gasteiger partial charge >= 0.3 is 0 Å². The zero-order valence-electron chi connectivity index (χ0n) is 14.4. The van der Waals surface area contributed by atoms with Crippen molar-refractivity contribution in [1.82, 2.24) is 14.5 Å². The molecule has 4 rings (SSSR count). The topological polar surface area (TPSA) is 73.4 Å². The van der Waals surface area contributed by atoms with Crippen LogP contribution in [0.2, 0.25) is 0 Å². The lowest BCUT2D eigenvalue weighted by Crippen LogP contribution is -2.36. The summed E-state index contributed by atoms with van der Waals surface area (Å²) in [6, 6.07) is 14.8. The highest BCUT2D eigenvalue weighted by molar-refractivity contribution is 5.76. The van der Waals surface area contributed by atoms with Crippen LogP contribution in [-0.4, -0.2) is 45.7 Å². The maximum absolute atomic E-state index is 11.1. The highest BCUT2D eigenvalue weighted by Gasteiger charge is 2.17. The maximum Gasteiger partial charge on any atom is 0.269 e. The van der Waals surface area contributed by atoms with Crippen LogP contribution in [0.4, 0.5) is 5.69 Å². The Bertz CT molecular complexity index is 931. The summed E-state index contributed by atoms with van der Waals surface area (Å²) in [5.74, 6) is 0.972. The van der Waals surface area contributed by atoms with E-state index in [0.29, 0.717) is 6.54 Å². The van der Waals surface area contributed by atoms with E-state index in [1.807, 2.05) is 30.3 Å². The van der Waals surface area contributed by atoms with Crippen molar-refractivity contribution < 1.29 is 9.66 Å². The van der Waals surface area contributed by atoms with Gasteiger partial charge in [-0.25, -0.2) is 4.98 Å². The van der Waals surface area contributed by atoms with Gasteiger partial charge in [-0.2, -0.15) is 0 Å². The molecular formula is C19H20N4O3. The van der Waals surface area contributed by atoms with Gasteiger partial charge in [-0.1, -0.05) is 24.3 Å². The van der Waals surface area contributed by atoms with Gasteiger partial charge in [0.2, 0.25) is 0 Å². The van der Waals surface area contributed by atoms with Gasteiger partial charge in [0.25, 0.3) is 5.69 Å². The second-order valence-corrected chi connectivity index (χ2v) is 6.42. The van der Waals surface area contributed by atoms with E-state index in [0.717, 1.165) is 55.3 Å². The van der Waals surface area contributed by atoms with Crippen molar-refractivity contribution in [3.63, 3.8) is 0 Å². The fourth-order valence-corrected chi connectivity index (χ4v) is 3.33. The number of nitro benzene ring substituents is 1. The molecule has 134 valence electrons. The Morgan fingerprint density at radius 2 is 1.88 bits per heavy atom. The summed E-state index contributed by atoms with van der Waals surface area (Å²) in [6.07, 6.45) is 0. The van der Waals surface area contributed by atoms with Gasteiger partial charge in [-0.15, -0.1) is 0 Å². The van der Waals surface area contributed by atoms with Crippen LogP contribution in [0.1, 0.15) is 11.4 Å². The van der Waals surface area contributed by atoms with E-state index >= 15 is 0 Å². The number of ether oxygens (including phenoxy) is 1. The second-order valence-electron chi connectivity index (χ2n) is 6.42. The zero-order chi connectivity index (χ0) is 17.9. The van der Waals surface area contributed by atoms with Gasteiger partial charge in [-0.3, -0.25) is 15.0 Å². The molecule has 0 atom stereocenters. The van der Waals surface area contributed by atoms with Crippen LogP contribution in [0.25, 0.3) is 11.0 Å². The standard InChI is InChI=1S/C19H20N4O3/c24-23(25)16-5-3-4-15(12-16)13-22-18-7-2-1-6-17(18)20-19(22)14-21-8-10-26-11-9-21/h1-7,12H,8-11,13-14H2. The molecule has 7 heteroatoms. The van der Waals surface area contributed by atoms with Gasteiger partial charge in [0.15, 0.2) is 0 Å². The van der Waals surface area contributed by atoms with Crippen LogP contribution in [0.15, 0.2) is 48.5 Å². The Labute approximate surface area is 151 Å². The number of non-ortho nitro benzene ring substituents is 1. The van der Waals surface area contributed by atoms with Crippen LogP contribution >= 0.6 is 0 Å². The minimum Gasteiger partial charge on any atom is -0.379 e. The second kappa shape index (κ2) is 7.23. The molecule has 0 radical (unpaired) electrons. The monoisotopic (exact) mass is 352 g/mol. The van der Waals surface area contributed by atoms with Crippen LogP contribution in [0.3, 0.4) is 0 Å². The Kier molecular flexibility index (Phi) is 4.64. The third-order valence-corrected chi connectivity index (χ3v) is 4.66. The summed E-state index contributed by atoms with van der Waals surface area (Å²) in [6.45, 7) is 4.56. The Balaban J connectivity index is 1.69. The average Bonchev–Trinajstić information content (AvgIpc) is 3.00. The Morgan fingerprint density at radius 1 is 1.08 bits per heavy atom. The van der Waals surface area contributed by atoms with Gasteiger partial charge in [-0.05, 0) is 17.7 Å². The molecule has 0 saturated carbocycles. The van der Waals surface area contributed by atoms with E-state index < -0.39 is 0 Å². The Morgan fingerprint density at radius 3 is 2.69 bits per heavy atom. The van der Waals surface area contributed by atoms with Crippen LogP contribution < -0.4 is 0 Å². The number of hydrogen-bond acceptors (Lipinski definition) is 5. The average molecular weight is 352 g/mol. The summed E-state index contributed by atoms with van der Waals surface area (Å²) in [5, 5.41) is 11.1. The fraction of sp³-hybridized carbons (Fsp3) is 0.316. The molecule has 1 fully saturated rings. The predicted octanol–water partition coefficient (Wildman–Crippen LogP) is 2.83. The third-order valence-electron chi connectivity index (χ3n) is 4.66. The lowest BCUT2D eigenvalue weighted by atomic mass is 10.2. The van der Waals surface area contributed by atoms with E-state index in [9.17, 15) is 10.1 Å². The number of fused-ring (bicyclic) bond motifs is 1. The molecular weight excluding hydrogens is 332 g/mol. The molecule has 0 spiro atoms. The molecule has 26 heavy (non-hydrogen) atoms. The van der Waals surface area contributed by atoms with Crippen LogP contribution in [0, 0.1) is 10.1 Å². The smallest absolute Gasteiger partial charge is 0.269 e. The van der Waals surface area contributed by atoms with E-state index in [1.165, 1.54) is 6.07 Å². The van der Waals surface area contributed by atoms with Crippen molar-refractivity contribution in [3.05, 3.63) is 70.0 Å². The van der Waals surface area contributed by atoms with E-state index in [2.05, 4.69) is 9.47 Å². The summed E-state index contributed by atoms with van der Waals surface area (Å²) in [4.78, 5) is 17.8. The summed E-state index contributed by atoms with van der Waals surface area (Å²) >= 11 is 0. The molecule has 3 aromatic rings. The predicted molar refractivity (Wildman–Crippen MR) is 98.0 cm³/mol. The molecule has 7 nitrogen and oxygen atoms in total. The van der Waals surface area contributed by atoms with Gasteiger partial charge in [0.1, 0.15) is 5.82 Å². The third kappa shape index (κ3) is 3.44. The summed E-state index contributed by atoms with van der Waals surface area (Å²) in [7, 11) is 0. The number of para-hydroxylation sites is 2. The van der Waals surface area contributed by atoms with Gasteiger partial charge in [0.05, 0.1) is 35.7 Å². The fourth-order valence-electron chi connectivity index (χ4n) is 3.33. The van der Waals surface area contributed by atoms with Crippen LogP contribution in [0.5, 0.6) is 0 Å². The largest absolute Gasteiger partial charge is 0.379 e. The lowest BCUT2D eigenvalue weighted by molar-refractivity contribution is -0.384.